The maximum absolute atomic E-state index is 4.18. The Bertz CT molecular complexity index is 386. The predicted molar refractivity (Wildman–Crippen MR) is 106 cm³/mol. The number of aromatic nitrogens is 2. The van der Waals surface area contributed by atoms with Crippen LogP contribution in [0.4, 0.5) is 0 Å². The second-order valence-corrected chi connectivity index (χ2v) is 9.95. The zero-order chi connectivity index (χ0) is 16.2. The van der Waals surface area contributed by atoms with Gasteiger partial charge in [-0.25, -0.2) is 4.98 Å². The molecule has 4 heteroatoms. The van der Waals surface area contributed by atoms with E-state index >= 15 is 0 Å². The molecule has 132 valence electrons. The minimum atomic E-state index is 0.477. The van der Waals surface area contributed by atoms with Crippen molar-refractivity contribution in [2.45, 2.75) is 88.2 Å². The van der Waals surface area contributed by atoms with Crippen LogP contribution < -0.4 is 0 Å². The molecule has 23 heavy (non-hydrogen) atoms. The molecule has 2 rings (SSSR count). The summed E-state index contributed by atoms with van der Waals surface area (Å²) in [4.78, 5) is 4.18. The van der Waals surface area contributed by atoms with Gasteiger partial charge in [0.05, 0.1) is 10.4 Å². The Labute approximate surface area is 151 Å². The van der Waals surface area contributed by atoms with Gasteiger partial charge in [0.25, 0.3) is 0 Å². The summed E-state index contributed by atoms with van der Waals surface area (Å²) in [5.74, 6) is 2.71. The number of hydrogen-bond acceptors (Lipinski definition) is 3. The van der Waals surface area contributed by atoms with Crippen molar-refractivity contribution in [2.75, 3.05) is 11.5 Å². The van der Waals surface area contributed by atoms with Gasteiger partial charge in [-0.15, -0.1) is 23.5 Å². The van der Waals surface area contributed by atoms with Crippen LogP contribution in [0, 0.1) is 0 Å². The molecule has 1 aromatic rings. The van der Waals surface area contributed by atoms with Gasteiger partial charge >= 0.3 is 0 Å². The normalized spacial score (nSPS) is 17.4. The molecule has 0 atom stereocenters. The second kappa shape index (κ2) is 11.5. The smallest absolute Gasteiger partial charge is 0.0945 e. The van der Waals surface area contributed by atoms with Crippen molar-refractivity contribution in [1.82, 2.24) is 9.55 Å². The maximum atomic E-state index is 4.18. The fourth-order valence-corrected chi connectivity index (χ4v) is 6.66. The predicted octanol–water partition coefficient (Wildman–Crippen LogP) is 6.37. The lowest BCUT2D eigenvalue weighted by molar-refractivity contribution is 0.520. The third-order valence-corrected chi connectivity index (χ3v) is 8.30. The second-order valence-electron chi connectivity index (χ2n) is 6.74. The first-order valence-electron chi connectivity index (χ1n) is 9.58. The van der Waals surface area contributed by atoms with E-state index < -0.39 is 0 Å². The number of hydrogen-bond donors (Lipinski definition) is 0. The number of rotatable bonds is 12. The van der Waals surface area contributed by atoms with Gasteiger partial charge in [-0.1, -0.05) is 58.3 Å². The van der Waals surface area contributed by atoms with Gasteiger partial charge < -0.3 is 4.57 Å². The fraction of sp³-hybridized carbons (Fsp3) is 0.842. The van der Waals surface area contributed by atoms with Crippen LogP contribution in [0.3, 0.4) is 0 Å². The summed E-state index contributed by atoms with van der Waals surface area (Å²) in [5, 5.41) is 0. The van der Waals surface area contributed by atoms with Crippen molar-refractivity contribution in [2.24, 2.45) is 0 Å². The van der Waals surface area contributed by atoms with E-state index in [-0.39, 0.29) is 0 Å². The summed E-state index contributed by atoms with van der Waals surface area (Å²) < 4.78 is 2.72. The molecule has 0 bridgehead atoms. The summed E-state index contributed by atoms with van der Waals surface area (Å²) in [5.41, 5.74) is 0. The molecule has 0 N–H and O–H groups in total. The van der Waals surface area contributed by atoms with Crippen molar-refractivity contribution in [3.05, 3.63) is 18.7 Å². The van der Waals surface area contributed by atoms with Gasteiger partial charge in [0.1, 0.15) is 0 Å². The lowest BCUT2D eigenvalue weighted by atomic mass is 10.1. The van der Waals surface area contributed by atoms with E-state index in [4.69, 9.17) is 0 Å². The van der Waals surface area contributed by atoms with Crippen molar-refractivity contribution in [3.8, 4) is 0 Å². The minimum absolute atomic E-state index is 0.477. The zero-order valence-electron chi connectivity index (χ0n) is 14.8. The molecule has 0 unspecified atom stereocenters. The van der Waals surface area contributed by atoms with Crippen LogP contribution in [-0.2, 0) is 6.54 Å². The monoisotopic (exact) mass is 354 g/mol. The van der Waals surface area contributed by atoms with Crippen LogP contribution in [-0.4, -0.2) is 25.1 Å². The van der Waals surface area contributed by atoms with Crippen molar-refractivity contribution >= 4 is 23.5 Å². The van der Waals surface area contributed by atoms with Crippen LogP contribution in [0.1, 0.15) is 77.6 Å². The highest BCUT2D eigenvalue weighted by atomic mass is 32.2. The molecule has 2 heterocycles. The average molecular weight is 355 g/mol. The lowest BCUT2D eigenvalue weighted by Crippen LogP contribution is -2.27. The van der Waals surface area contributed by atoms with Gasteiger partial charge in [0.15, 0.2) is 0 Å². The Hall–Kier alpha value is -0.0900. The number of thioether (sulfide) groups is 2. The van der Waals surface area contributed by atoms with Crippen LogP contribution in [0.5, 0.6) is 0 Å². The molecule has 1 aromatic heterocycles. The largest absolute Gasteiger partial charge is 0.337 e. The third kappa shape index (κ3) is 7.55. The Morgan fingerprint density at radius 2 is 1.65 bits per heavy atom. The summed E-state index contributed by atoms with van der Waals surface area (Å²) >= 11 is 4.47. The molecule has 1 fully saturated rings. The Kier molecular flexibility index (Phi) is 9.59. The number of aryl methyl sites for hydroxylation is 1. The molecule has 0 spiro atoms. The quantitative estimate of drug-likeness (QED) is 0.406. The first-order chi connectivity index (χ1) is 11.3. The maximum Gasteiger partial charge on any atom is 0.0945 e. The molecular formula is C19H34N2S2. The Balaban J connectivity index is 1.64. The number of unbranched alkanes of at least 4 members (excludes halogenated alkanes) is 7. The highest BCUT2D eigenvalue weighted by Gasteiger charge is 2.32. The topological polar surface area (TPSA) is 17.8 Å². The molecule has 0 radical (unpaired) electrons. The van der Waals surface area contributed by atoms with Gasteiger partial charge in [-0.2, -0.15) is 0 Å². The SMILES string of the molecule is CCCCCCCCCCC1(CCn2ccnc2)SCCCS1. The molecule has 0 aliphatic carbocycles. The van der Waals surface area contributed by atoms with E-state index in [1.807, 2.05) is 12.5 Å². The van der Waals surface area contributed by atoms with Gasteiger partial charge in [0.2, 0.25) is 0 Å². The average Bonchev–Trinajstić information content (AvgIpc) is 3.10. The summed E-state index contributed by atoms with van der Waals surface area (Å²) in [6.45, 7) is 3.42. The van der Waals surface area contributed by atoms with Crippen LogP contribution in [0.2, 0.25) is 0 Å². The zero-order valence-corrected chi connectivity index (χ0v) is 16.5. The first-order valence-corrected chi connectivity index (χ1v) is 11.6. The van der Waals surface area contributed by atoms with E-state index in [2.05, 4.69) is 46.2 Å². The van der Waals surface area contributed by atoms with Crippen LogP contribution in [0.15, 0.2) is 18.7 Å². The summed E-state index contributed by atoms with van der Waals surface area (Å²) in [7, 11) is 0. The molecule has 2 nitrogen and oxygen atoms in total. The Morgan fingerprint density at radius 3 is 2.30 bits per heavy atom. The Morgan fingerprint density at radius 1 is 0.957 bits per heavy atom. The van der Waals surface area contributed by atoms with Crippen LogP contribution >= 0.6 is 23.5 Å². The van der Waals surface area contributed by atoms with Gasteiger partial charge in [-0.05, 0) is 30.8 Å². The van der Waals surface area contributed by atoms with E-state index in [1.165, 1.54) is 82.1 Å². The van der Waals surface area contributed by atoms with Crippen molar-refractivity contribution < 1.29 is 0 Å². The third-order valence-electron chi connectivity index (χ3n) is 4.74. The first kappa shape index (κ1) is 19.2. The van der Waals surface area contributed by atoms with Crippen molar-refractivity contribution in [1.29, 1.82) is 0 Å². The number of imidazole rings is 1. The van der Waals surface area contributed by atoms with E-state index in [1.54, 1.807) is 0 Å². The number of nitrogens with zero attached hydrogens (tertiary/aromatic N) is 2. The summed E-state index contributed by atoms with van der Waals surface area (Å²) in [6.07, 6.45) is 21.4. The minimum Gasteiger partial charge on any atom is -0.337 e. The summed E-state index contributed by atoms with van der Waals surface area (Å²) in [6, 6.07) is 0. The highest BCUT2D eigenvalue weighted by Crippen LogP contribution is 2.48. The molecule has 0 saturated carbocycles. The lowest BCUT2D eigenvalue weighted by Gasteiger charge is -2.36. The molecule has 0 amide bonds. The van der Waals surface area contributed by atoms with Gasteiger partial charge in [0, 0.05) is 18.9 Å². The standard InChI is InChI=1S/C19H34N2S2/c1-2-3-4-5-6-7-8-9-11-19(22-16-10-17-23-19)12-14-21-15-13-20-18-21/h13,15,18H,2-12,14,16-17H2,1H3. The highest BCUT2D eigenvalue weighted by molar-refractivity contribution is 8.18. The molecule has 1 aliphatic heterocycles. The molecule has 1 saturated heterocycles. The molecule has 0 aromatic carbocycles. The van der Waals surface area contributed by atoms with E-state index in [0.29, 0.717) is 4.08 Å². The molecular weight excluding hydrogens is 320 g/mol. The van der Waals surface area contributed by atoms with Crippen molar-refractivity contribution in [3.63, 3.8) is 0 Å². The van der Waals surface area contributed by atoms with Gasteiger partial charge in [-0.3, -0.25) is 0 Å². The molecule has 1 aliphatic rings. The van der Waals surface area contributed by atoms with Crippen LogP contribution in [0.25, 0.3) is 0 Å². The van der Waals surface area contributed by atoms with E-state index in [9.17, 15) is 0 Å². The fourth-order valence-electron chi connectivity index (χ4n) is 3.28. The van der Waals surface area contributed by atoms with E-state index in [0.717, 1.165) is 6.54 Å².